The van der Waals surface area contributed by atoms with Crippen molar-refractivity contribution in [3.63, 3.8) is 0 Å². The lowest BCUT2D eigenvalue weighted by Gasteiger charge is -2.26. The van der Waals surface area contributed by atoms with E-state index in [1.807, 2.05) is 6.92 Å². The van der Waals surface area contributed by atoms with Crippen molar-refractivity contribution in [1.29, 1.82) is 0 Å². The van der Waals surface area contributed by atoms with E-state index < -0.39 is 0 Å². The van der Waals surface area contributed by atoms with E-state index in [2.05, 4.69) is 30.9 Å². The van der Waals surface area contributed by atoms with E-state index in [0.717, 1.165) is 25.7 Å². The Kier molecular flexibility index (Phi) is 5.94. The first-order valence-corrected chi connectivity index (χ1v) is 10.4. The van der Waals surface area contributed by atoms with Gasteiger partial charge in [-0.2, -0.15) is 9.97 Å². The molecule has 0 amide bonds. The number of ether oxygens (including phenoxy) is 1. The molecule has 1 fully saturated rings. The van der Waals surface area contributed by atoms with E-state index >= 15 is 0 Å². The molecule has 11 heteroatoms. The lowest BCUT2D eigenvalue weighted by Crippen LogP contribution is -2.33. The molecule has 0 radical (unpaired) electrons. The van der Waals surface area contributed by atoms with Gasteiger partial charge in [0.2, 0.25) is 5.95 Å². The maximum Gasteiger partial charge on any atom is 0.227 e. The molecule has 0 unspecified atom stereocenters. The number of phenolic OH excluding ortho intramolecular Hbond substituents is 2. The minimum atomic E-state index is -0.0799. The first kappa shape index (κ1) is 20.9. The molecule has 2 aromatic heterocycles. The molecular weight excluding hydrogens is 400 g/mol. The fourth-order valence-corrected chi connectivity index (χ4v) is 3.79. The normalized spacial score (nSPS) is 18.8. The van der Waals surface area contributed by atoms with Gasteiger partial charge < -0.3 is 31.3 Å². The molecule has 0 spiro atoms. The van der Waals surface area contributed by atoms with E-state index in [-0.39, 0.29) is 30.1 Å². The number of aromatic nitrogens is 5. The van der Waals surface area contributed by atoms with Gasteiger partial charge >= 0.3 is 0 Å². The van der Waals surface area contributed by atoms with Gasteiger partial charge in [0.1, 0.15) is 17.2 Å². The third-order valence-electron chi connectivity index (χ3n) is 5.61. The van der Waals surface area contributed by atoms with E-state index in [9.17, 15) is 10.2 Å². The predicted molar refractivity (Wildman–Crippen MR) is 116 cm³/mol. The summed E-state index contributed by atoms with van der Waals surface area (Å²) < 4.78 is 6.76. The Morgan fingerprint density at radius 2 is 1.87 bits per heavy atom. The fraction of sp³-hybridized carbons (Fsp3) is 0.500. The van der Waals surface area contributed by atoms with Crippen molar-refractivity contribution < 1.29 is 14.9 Å². The quantitative estimate of drug-likeness (QED) is 0.377. The average molecular weight is 428 g/mol. The van der Waals surface area contributed by atoms with Crippen LogP contribution in [0.1, 0.15) is 38.2 Å². The Bertz CT molecular complexity index is 1040. The summed E-state index contributed by atoms with van der Waals surface area (Å²) in [7, 11) is 1.47. The molecule has 6 N–H and O–H groups in total. The van der Waals surface area contributed by atoms with Crippen molar-refractivity contribution in [3.05, 3.63) is 17.7 Å². The molecule has 2 heterocycles. The standard InChI is InChI=1S/C20H28N8O3/c1-3-28-19-17(26-27-28)18(22-10-14-15(29)8-13(31-2)9-16(14)30)24-20(25-19)23-12-6-4-11(21)5-7-12/h8-9,11-12,29-30H,3-7,10,21H2,1-2H3,(H2,22,23,24,25). The number of hydrogen-bond acceptors (Lipinski definition) is 10. The molecule has 0 atom stereocenters. The second kappa shape index (κ2) is 8.80. The lowest BCUT2D eigenvalue weighted by atomic mass is 9.92. The fourth-order valence-electron chi connectivity index (χ4n) is 3.79. The number of rotatable bonds is 7. The molecule has 1 aromatic carbocycles. The van der Waals surface area contributed by atoms with Crippen LogP contribution in [0.5, 0.6) is 17.2 Å². The first-order valence-electron chi connectivity index (χ1n) is 10.4. The van der Waals surface area contributed by atoms with Gasteiger partial charge in [0, 0.05) is 37.3 Å². The molecule has 0 saturated heterocycles. The van der Waals surface area contributed by atoms with Gasteiger partial charge in [0.15, 0.2) is 17.0 Å². The number of fused-ring (bicyclic) bond motifs is 1. The number of hydrogen-bond donors (Lipinski definition) is 5. The van der Waals surface area contributed by atoms with Crippen LogP contribution < -0.4 is 21.1 Å². The average Bonchev–Trinajstić information content (AvgIpc) is 3.17. The van der Waals surface area contributed by atoms with Crippen LogP contribution >= 0.6 is 0 Å². The smallest absolute Gasteiger partial charge is 0.227 e. The summed E-state index contributed by atoms with van der Waals surface area (Å²) in [6.07, 6.45) is 3.86. The minimum absolute atomic E-state index is 0.0799. The molecule has 0 bridgehead atoms. The van der Waals surface area contributed by atoms with E-state index in [4.69, 9.17) is 10.5 Å². The summed E-state index contributed by atoms with van der Waals surface area (Å²) in [6, 6.07) is 3.40. The molecule has 4 rings (SSSR count). The van der Waals surface area contributed by atoms with Gasteiger partial charge in [-0.25, -0.2) is 4.68 Å². The van der Waals surface area contributed by atoms with Crippen molar-refractivity contribution in [2.45, 2.75) is 57.8 Å². The highest BCUT2D eigenvalue weighted by molar-refractivity contribution is 5.83. The van der Waals surface area contributed by atoms with Gasteiger partial charge in [0.05, 0.1) is 12.7 Å². The summed E-state index contributed by atoms with van der Waals surface area (Å²) >= 11 is 0. The number of aromatic hydroxyl groups is 2. The summed E-state index contributed by atoms with van der Waals surface area (Å²) in [5, 5.41) is 35.4. The Morgan fingerprint density at radius 3 is 2.52 bits per heavy atom. The van der Waals surface area contributed by atoms with Gasteiger partial charge in [-0.1, -0.05) is 5.21 Å². The third kappa shape index (κ3) is 4.41. The predicted octanol–water partition coefficient (Wildman–Crippen LogP) is 1.95. The first-order chi connectivity index (χ1) is 15.0. The van der Waals surface area contributed by atoms with Crippen LogP contribution in [-0.4, -0.2) is 54.4 Å². The summed E-state index contributed by atoms with van der Waals surface area (Å²) in [5.74, 6) is 1.16. The lowest BCUT2D eigenvalue weighted by molar-refractivity contribution is 0.394. The molecule has 1 aliphatic rings. The number of phenols is 2. The molecule has 1 aliphatic carbocycles. The van der Waals surface area contributed by atoms with Gasteiger partial charge in [0.25, 0.3) is 0 Å². The molecule has 11 nitrogen and oxygen atoms in total. The number of nitrogens with two attached hydrogens (primary N) is 1. The Balaban J connectivity index is 1.61. The second-order valence-electron chi connectivity index (χ2n) is 7.73. The van der Waals surface area contributed by atoms with E-state index in [1.54, 1.807) is 4.68 Å². The molecule has 1 saturated carbocycles. The van der Waals surface area contributed by atoms with Crippen LogP contribution in [-0.2, 0) is 13.1 Å². The largest absolute Gasteiger partial charge is 0.507 e. The molecule has 166 valence electrons. The maximum atomic E-state index is 10.3. The van der Waals surface area contributed by atoms with Crippen LogP contribution in [0.25, 0.3) is 11.2 Å². The van der Waals surface area contributed by atoms with Gasteiger partial charge in [-0.3, -0.25) is 0 Å². The molecular formula is C20H28N8O3. The highest BCUT2D eigenvalue weighted by Crippen LogP contribution is 2.33. The summed E-state index contributed by atoms with van der Waals surface area (Å²) in [6.45, 7) is 2.71. The second-order valence-corrected chi connectivity index (χ2v) is 7.73. The van der Waals surface area contributed by atoms with Crippen molar-refractivity contribution in [2.24, 2.45) is 5.73 Å². The van der Waals surface area contributed by atoms with Crippen LogP contribution in [0.4, 0.5) is 11.8 Å². The van der Waals surface area contributed by atoms with Crippen LogP contribution in [0.15, 0.2) is 12.1 Å². The van der Waals surface area contributed by atoms with E-state index in [1.165, 1.54) is 19.2 Å². The van der Waals surface area contributed by atoms with Gasteiger partial charge in [-0.05, 0) is 32.6 Å². The van der Waals surface area contributed by atoms with Crippen LogP contribution in [0.2, 0.25) is 0 Å². The summed E-state index contributed by atoms with van der Waals surface area (Å²) in [5.41, 5.74) is 7.47. The number of aryl methyl sites for hydroxylation is 1. The number of nitrogens with one attached hydrogen (secondary N) is 2. The highest BCUT2D eigenvalue weighted by Gasteiger charge is 2.21. The maximum absolute atomic E-state index is 10.3. The van der Waals surface area contributed by atoms with Crippen molar-refractivity contribution in [2.75, 3.05) is 17.7 Å². The van der Waals surface area contributed by atoms with Crippen LogP contribution in [0, 0.1) is 0 Å². The number of anilines is 2. The number of nitrogens with zero attached hydrogens (tertiary/aromatic N) is 5. The van der Waals surface area contributed by atoms with Crippen LogP contribution in [0.3, 0.4) is 0 Å². The molecule has 31 heavy (non-hydrogen) atoms. The molecule has 0 aliphatic heterocycles. The third-order valence-corrected chi connectivity index (χ3v) is 5.61. The Hall–Kier alpha value is -3.34. The number of benzene rings is 1. The minimum Gasteiger partial charge on any atom is -0.507 e. The van der Waals surface area contributed by atoms with E-state index in [0.29, 0.717) is 40.8 Å². The van der Waals surface area contributed by atoms with Crippen molar-refractivity contribution in [3.8, 4) is 17.2 Å². The Morgan fingerprint density at radius 1 is 1.16 bits per heavy atom. The molecule has 3 aromatic rings. The zero-order valence-electron chi connectivity index (χ0n) is 17.7. The van der Waals surface area contributed by atoms with Gasteiger partial charge in [-0.15, -0.1) is 5.10 Å². The summed E-state index contributed by atoms with van der Waals surface area (Å²) in [4.78, 5) is 9.22. The highest BCUT2D eigenvalue weighted by atomic mass is 16.5. The van der Waals surface area contributed by atoms with Crippen molar-refractivity contribution >= 4 is 22.9 Å². The monoisotopic (exact) mass is 428 g/mol. The SMILES string of the molecule is CCn1nnc2c(NCc3c(O)cc(OC)cc3O)nc(NC3CCC(N)CC3)nc21. The van der Waals surface area contributed by atoms with Crippen molar-refractivity contribution in [1.82, 2.24) is 25.0 Å². The zero-order chi connectivity index (χ0) is 22.0. The Labute approximate surface area is 179 Å². The zero-order valence-corrected chi connectivity index (χ0v) is 17.7. The topological polar surface area (TPSA) is 156 Å². The number of methoxy groups -OCH3 is 1.